The zero-order valence-corrected chi connectivity index (χ0v) is 14.5. The highest BCUT2D eigenvalue weighted by Gasteiger charge is 2.14. The molecule has 7 heteroatoms. The topological polar surface area (TPSA) is 53.2 Å². The largest absolute Gasteiger partial charge is 0.360 e. The van der Waals surface area contributed by atoms with E-state index in [0.29, 0.717) is 26.9 Å². The predicted molar refractivity (Wildman–Crippen MR) is 95.7 cm³/mol. The van der Waals surface area contributed by atoms with E-state index in [4.69, 9.17) is 35.4 Å². The van der Waals surface area contributed by atoms with Crippen molar-refractivity contribution in [1.82, 2.24) is 10.6 Å². The molecule has 2 rings (SSSR count). The fourth-order valence-corrected chi connectivity index (χ4v) is 3.01. The van der Waals surface area contributed by atoms with Crippen LogP contribution in [0.4, 0.5) is 5.69 Å². The number of rotatable bonds is 4. The molecule has 0 aromatic heterocycles. The lowest BCUT2D eigenvalue weighted by Crippen LogP contribution is -2.45. The lowest BCUT2D eigenvalue weighted by atomic mass is 9.96. The lowest BCUT2D eigenvalue weighted by molar-refractivity contribution is -0.115. The standard InChI is InChI=1S/C15H19Cl2N3OS/c16-10-6-7-12(17)13(8-10)20-14(21)9-18-15(22)19-11-4-2-1-3-5-11/h6-8,11H,1-5,9H2,(H,20,21)(H2,18,19,22). The van der Waals surface area contributed by atoms with Crippen molar-refractivity contribution >= 4 is 52.1 Å². The summed E-state index contributed by atoms with van der Waals surface area (Å²) in [7, 11) is 0. The third-order valence-corrected chi connectivity index (χ3v) is 4.38. The van der Waals surface area contributed by atoms with Crippen LogP contribution in [0.2, 0.25) is 10.0 Å². The van der Waals surface area contributed by atoms with Gasteiger partial charge in [0.05, 0.1) is 17.3 Å². The summed E-state index contributed by atoms with van der Waals surface area (Å²) in [6, 6.07) is 5.34. The van der Waals surface area contributed by atoms with Gasteiger partial charge in [0.2, 0.25) is 5.91 Å². The molecule has 1 aromatic rings. The molecule has 1 saturated carbocycles. The van der Waals surface area contributed by atoms with Crippen molar-refractivity contribution in [2.24, 2.45) is 0 Å². The zero-order valence-electron chi connectivity index (χ0n) is 12.1. The fraction of sp³-hybridized carbons (Fsp3) is 0.467. The van der Waals surface area contributed by atoms with Crippen molar-refractivity contribution in [3.05, 3.63) is 28.2 Å². The van der Waals surface area contributed by atoms with Crippen LogP contribution < -0.4 is 16.0 Å². The molecule has 0 aliphatic heterocycles. The number of hydrogen-bond acceptors (Lipinski definition) is 2. The first kappa shape index (κ1) is 17.3. The summed E-state index contributed by atoms with van der Waals surface area (Å²) in [5.41, 5.74) is 0.493. The summed E-state index contributed by atoms with van der Waals surface area (Å²) in [4.78, 5) is 11.9. The summed E-state index contributed by atoms with van der Waals surface area (Å²) in [5.74, 6) is -0.225. The number of amides is 1. The van der Waals surface area contributed by atoms with Crippen molar-refractivity contribution < 1.29 is 4.79 Å². The molecule has 3 N–H and O–H groups in total. The number of carbonyl (C=O) groups excluding carboxylic acids is 1. The minimum Gasteiger partial charge on any atom is -0.360 e. The van der Waals surface area contributed by atoms with Gasteiger partial charge in [-0.05, 0) is 43.3 Å². The minimum absolute atomic E-state index is 0.0847. The van der Waals surface area contributed by atoms with Gasteiger partial charge in [0.1, 0.15) is 0 Å². The average Bonchev–Trinajstić information content (AvgIpc) is 2.50. The first-order valence-corrected chi connectivity index (χ1v) is 8.50. The van der Waals surface area contributed by atoms with E-state index in [-0.39, 0.29) is 12.5 Å². The normalized spacial score (nSPS) is 15.2. The summed E-state index contributed by atoms with van der Waals surface area (Å²) >= 11 is 17.1. The monoisotopic (exact) mass is 359 g/mol. The Hall–Kier alpha value is -1.04. The SMILES string of the molecule is O=C(CNC(=S)NC1CCCCC1)Nc1cc(Cl)ccc1Cl. The molecule has 0 atom stereocenters. The quantitative estimate of drug-likeness (QED) is 0.717. The van der Waals surface area contributed by atoms with Crippen LogP contribution in [0.15, 0.2) is 18.2 Å². The first-order valence-electron chi connectivity index (χ1n) is 7.34. The van der Waals surface area contributed by atoms with Gasteiger partial charge in [-0.2, -0.15) is 0 Å². The van der Waals surface area contributed by atoms with Gasteiger partial charge in [-0.1, -0.05) is 42.5 Å². The Bertz CT molecular complexity index is 548. The Morgan fingerprint density at radius 3 is 2.68 bits per heavy atom. The summed E-state index contributed by atoms with van der Waals surface area (Å²) < 4.78 is 0. The maximum absolute atomic E-state index is 11.9. The number of benzene rings is 1. The van der Waals surface area contributed by atoms with E-state index in [1.807, 2.05) is 0 Å². The van der Waals surface area contributed by atoms with Gasteiger partial charge in [-0.15, -0.1) is 0 Å². The predicted octanol–water partition coefficient (Wildman–Crippen LogP) is 3.73. The van der Waals surface area contributed by atoms with Crippen molar-refractivity contribution in [3.8, 4) is 0 Å². The Morgan fingerprint density at radius 1 is 1.23 bits per heavy atom. The fourth-order valence-electron chi connectivity index (χ4n) is 2.43. The number of carbonyl (C=O) groups is 1. The van der Waals surface area contributed by atoms with Crippen molar-refractivity contribution in [2.45, 2.75) is 38.1 Å². The number of nitrogens with one attached hydrogen (secondary N) is 3. The maximum Gasteiger partial charge on any atom is 0.243 e. The molecule has 0 saturated heterocycles. The molecular weight excluding hydrogens is 341 g/mol. The van der Waals surface area contributed by atoms with Gasteiger partial charge in [-0.3, -0.25) is 4.79 Å². The van der Waals surface area contributed by atoms with Crippen LogP contribution in [0.3, 0.4) is 0 Å². The molecule has 0 spiro atoms. The molecule has 120 valence electrons. The molecule has 4 nitrogen and oxygen atoms in total. The summed E-state index contributed by atoms with van der Waals surface area (Å²) in [6.07, 6.45) is 6.02. The van der Waals surface area contributed by atoms with Gasteiger partial charge < -0.3 is 16.0 Å². The second kappa shape index (κ2) is 8.56. The van der Waals surface area contributed by atoms with Crippen molar-refractivity contribution in [3.63, 3.8) is 0 Å². The van der Waals surface area contributed by atoms with Crippen LogP contribution in [0.25, 0.3) is 0 Å². The maximum atomic E-state index is 11.9. The van der Waals surface area contributed by atoms with E-state index in [2.05, 4.69) is 16.0 Å². The van der Waals surface area contributed by atoms with Gasteiger partial charge in [0, 0.05) is 11.1 Å². The van der Waals surface area contributed by atoms with Crippen LogP contribution in [0.5, 0.6) is 0 Å². The third kappa shape index (κ3) is 5.63. The lowest BCUT2D eigenvalue weighted by Gasteiger charge is -2.24. The summed E-state index contributed by atoms with van der Waals surface area (Å²) in [6.45, 7) is 0.0847. The molecule has 1 aromatic carbocycles. The van der Waals surface area contributed by atoms with Gasteiger partial charge >= 0.3 is 0 Å². The zero-order chi connectivity index (χ0) is 15.9. The molecule has 0 heterocycles. The van der Waals surface area contributed by atoms with Gasteiger partial charge in [0.15, 0.2) is 5.11 Å². The number of anilines is 1. The molecule has 1 amide bonds. The van der Waals surface area contributed by atoms with Crippen molar-refractivity contribution in [2.75, 3.05) is 11.9 Å². The average molecular weight is 360 g/mol. The highest BCUT2D eigenvalue weighted by molar-refractivity contribution is 7.80. The summed E-state index contributed by atoms with van der Waals surface area (Å²) in [5, 5.41) is 10.3. The second-order valence-corrected chi connectivity index (χ2v) is 6.59. The van der Waals surface area contributed by atoms with Crippen LogP contribution in [0.1, 0.15) is 32.1 Å². The highest BCUT2D eigenvalue weighted by Crippen LogP contribution is 2.25. The highest BCUT2D eigenvalue weighted by atomic mass is 35.5. The van der Waals surface area contributed by atoms with E-state index < -0.39 is 0 Å². The Kier molecular flexibility index (Phi) is 6.73. The van der Waals surface area contributed by atoms with Gasteiger partial charge in [0.25, 0.3) is 0 Å². The molecule has 1 aliphatic rings. The van der Waals surface area contributed by atoms with Crippen molar-refractivity contribution in [1.29, 1.82) is 0 Å². The first-order chi connectivity index (χ1) is 10.5. The van der Waals surface area contributed by atoms with E-state index in [0.717, 1.165) is 12.8 Å². The smallest absolute Gasteiger partial charge is 0.243 e. The molecular formula is C15H19Cl2N3OS. The van der Waals surface area contributed by atoms with E-state index in [9.17, 15) is 4.79 Å². The molecule has 1 aliphatic carbocycles. The minimum atomic E-state index is -0.225. The molecule has 0 bridgehead atoms. The molecule has 0 radical (unpaired) electrons. The van der Waals surface area contributed by atoms with E-state index in [1.54, 1.807) is 18.2 Å². The Morgan fingerprint density at radius 2 is 1.95 bits per heavy atom. The van der Waals surface area contributed by atoms with Crippen LogP contribution >= 0.6 is 35.4 Å². The van der Waals surface area contributed by atoms with Crippen LogP contribution in [-0.2, 0) is 4.79 Å². The Balaban J connectivity index is 1.75. The number of thiocarbonyl (C=S) groups is 1. The molecule has 1 fully saturated rings. The van der Waals surface area contributed by atoms with Crippen LogP contribution in [-0.4, -0.2) is 23.6 Å². The molecule has 22 heavy (non-hydrogen) atoms. The number of hydrogen-bond donors (Lipinski definition) is 3. The van der Waals surface area contributed by atoms with E-state index in [1.165, 1.54) is 19.3 Å². The van der Waals surface area contributed by atoms with Crippen LogP contribution in [0, 0.1) is 0 Å². The van der Waals surface area contributed by atoms with E-state index >= 15 is 0 Å². The second-order valence-electron chi connectivity index (χ2n) is 5.33. The molecule has 0 unspecified atom stereocenters. The third-order valence-electron chi connectivity index (χ3n) is 3.55. The number of halogens is 2. The van der Waals surface area contributed by atoms with Gasteiger partial charge in [-0.25, -0.2) is 0 Å². The Labute approximate surface area is 145 Å².